The van der Waals surface area contributed by atoms with Crippen LogP contribution in [0.1, 0.15) is 13.8 Å². The molecule has 0 aliphatic carbocycles. The van der Waals surface area contributed by atoms with Gasteiger partial charge in [0.25, 0.3) is 0 Å². The van der Waals surface area contributed by atoms with Crippen molar-refractivity contribution in [1.82, 2.24) is 0 Å². The summed E-state index contributed by atoms with van der Waals surface area (Å²) in [5.74, 6) is 0.210. The third kappa shape index (κ3) is 4.99. The van der Waals surface area contributed by atoms with E-state index in [2.05, 4.69) is 5.32 Å². The Bertz CT molecular complexity index is 699. The fraction of sp³-hybridized carbons (Fsp3) is 0.222. The fourth-order valence-corrected chi connectivity index (χ4v) is 2.28. The molecule has 1 N–H and O–H groups in total. The van der Waals surface area contributed by atoms with Crippen LogP contribution in [0, 0.1) is 0 Å². The molecule has 5 nitrogen and oxygen atoms in total. The van der Waals surface area contributed by atoms with Crippen LogP contribution in [0.2, 0.25) is 5.02 Å². The van der Waals surface area contributed by atoms with Crippen molar-refractivity contribution in [2.24, 2.45) is 0 Å². The second-order valence-electron chi connectivity index (χ2n) is 5.09. The predicted octanol–water partition coefficient (Wildman–Crippen LogP) is 3.73. The summed E-state index contributed by atoms with van der Waals surface area (Å²) >= 11 is 5.81. The van der Waals surface area contributed by atoms with Gasteiger partial charge in [0.15, 0.2) is 0 Å². The lowest BCUT2D eigenvalue weighted by Crippen LogP contribution is -2.36. The SMILES string of the molecule is CCOc1ccc(N(CC(=O)Nc2ccc(Cl)cc2)C(C)=O)cc1. The van der Waals surface area contributed by atoms with E-state index in [1.54, 1.807) is 48.5 Å². The average Bonchev–Trinajstić information content (AvgIpc) is 2.56. The number of amides is 2. The molecule has 0 aliphatic rings. The maximum absolute atomic E-state index is 12.2. The van der Waals surface area contributed by atoms with Gasteiger partial charge < -0.3 is 15.0 Å². The number of ether oxygens (including phenoxy) is 1. The number of rotatable bonds is 6. The number of nitrogens with one attached hydrogen (secondary N) is 1. The molecule has 2 aromatic carbocycles. The largest absolute Gasteiger partial charge is 0.494 e. The first-order valence-electron chi connectivity index (χ1n) is 7.56. The van der Waals surface area contributed by atoms with E-state index < -0.39 is 0 Å². The van der Waals surface area contributed by atoms with E-state index in [0.717, 1.165) is 5.75 Å². The molecule has 24 heavy (non-hydrogen) atoms. The second-order valence-corrected chi connectivity index (χ2v) is 5.52. The Morgan fingerprint density at radius 3 is 2.25 bits per heavy atom. The van der Waals surface area contributed by atoms with Crippen molar-refractivity contribution < 1.29 is 14.3 Å². The normalized spacial score (nSPS) is 10.1. The number of hydrogen-bond donors (Lipinski definition) is 1. The van der Waals surface area contributed by atoms with Crippen LogP contribution in [-0.4, -0.2) is 25.0 Å². The van der Waals surface area contributed by atoms with Crippen LogP contribution >= 0.6 is 11.6 Å². The van der Waals surface area contributed by atoms with E-state index in [0.29, 0.717) is 23.0 Å². The zero-order chi connectivity index (χ0) is 17.5. The van der Waals surface area contributed by atoms with E-state index in [1.165, 1.54) is 11.8 Å². The van der Waals surface area contributed by atoms with Gasteiger partial charge in [-0.2, -0.15) is 0 Å². The Hall–Kier alpha value is -2.53. The molecule has 0 aromatic heterocycles. The van der Waals surface area contributed by atoms with Crippen molar-refractivity contribution in [3.05, 3.63) is 53.6 Å². The smallest absolute Gasteiger partial charge is 0.244 e. The Kier molecular flexibility index (Phi) is 6.21. The first-order chi connectivity index (χ1) is 11.5. The lowest BCUT2D eigenvalue weighted by molar-refractivity contribution is -0.120. The van der Waals surface area contributed by atoms with Crippen LogP contribution in [0.15, 0.2) is 48.5 Å². The Balaban J connectivity index is 2.06. The predicted molar refractivity (Wildman–Crippen MR) is 95.7 cm³/mol. The molecule has 2 rings (SSSR count). The van der Waals surface area contributed by atoms with Gasteiger partial charge in [0.2, 0.25) is 11.8 Å². The number of nitrogens with zero attached hydrogens (tertiary/aromatic N) is 1. The van der Waals surface area contributed by atoms with Crippen LogP contribution < -0.4 is 15.0 Å². The summed E-state index contributed by atoms with van der Waals surface area (Å²) in [7, 11) is 0. The van der Waals surface area contributed by atoms with Gasteiger partial charge >= 0.3 is 0 Å². The van der Waals surface area contributed by atoms with Gasteiger partial charge in [-0.1, -0.05) is 11.6 Å². The molecule has 0 bridgehead atoms. The standard InChI is InChI=1S/C18H19ClN2O3/c1-3-24-17-10-8-16(9-11-17)21(13(2)22)12-18(23)20-15-6-4-14(19)5-7-15/h4-11H,3,12H2,1-2H3,(H,20,23). The Morgan fingerprint density at radius 1 is 1.08 bits per heavy atom. The zero-order valence-electron chi connectivity index (χ0n) is 13.6. The molecule has 0 aliphatic heterocycles. The minimum atomic E-state index is -0.290. The van der Waals surface area contributed by atoms with Crippen molar-refractivity contribution in [3.8, 4) is 5.75 Å². The lowest BCUT2D eigenvalue weighted by Gasteiger charge is -2.21. The number of hydrogen-bond acceptors (Lipinski definition) is 3. The van der Waals surface area contributed by atoms with Crippen molar-refractivity contribution in [2.75, 3.05) is 23.4 Å². The molecule has 0 saturated carbocycles. The summed E-state index contributed by atoms with van der Waals surface area (Å²) < 4.78 is 5.38. The summed E-state index contributed by atoms with van der Waals surface area (Å²) in [6.07, 6.45) is 0. The second kappa shape index (κ2) is 8.36. The molecule has 0 saturated heterocycles. The van der Waals surface area contributed by atoms with Crippen LogP contribution in [0.25, 0.3) is 0 Å². The van der Waals surface area contributed by atoms with Gasteiger partial charge in [0.05, 0.1) is 6.61 Å². The molecule has 2 aromatic rings. The van der Waals surface area contributed by atoms with Crippen molar-refractivity contribution in [3.63, 3.8) is 0 Å². The number of carbonyl (C=O) groups is 2. The van der Waals surface area contributed by atoms with E-state index in [4.69, 9.17) is 16.3 Å². The fourth-order valence-electron chi connectivity index (χ4n) is 2.15. The third-order valence-electron chi connectivity index (χ3n) is 3.27. The summed E-state index contributed by atoms with van der Waals surface area (Å²) in [4.78, 5) is 25.5. The Morgan fingerprint density at radius 2 is 1.71 bits per heavy atom. The molecule has 0 fully saturated rings. The monoisotopic (exact) mass is 346 g/mol. The molecule has 0 atom stereocenters. The molecule has 2 amide bonds. The van der Waals surface area contributed by atoms with Gasteiger partial charge in [-0.25, -0.2) is 0 Å². The molecule has 0 heterocycles. The van der Waals surface area contributed by atoms with Gasteiger partial charge in [-0.15, -0.1) is 0 Å². The molecule has 0 unspecified atom stereocenters. The van der Waals surface area contributed by atoms with E-state index in [-0.39, 0.29) is 18.4 Å². The molecular weight excluding hydrogens is 328 g/mol. The van der Waals surface area contributed by atoms with Gasteiger partial charge in [0.1, 0.15) is 12.3 Å². The highest BCUT2D eigenvalue weighted by atomic mass is 35.5. The van der Waals surface area contributed by atoms with Crippen LogP contribution in [0.3, 0.4) is 0 Å². The van der Waals surface area contributed by atoms with Crippen LogP contribution in [0.5, 0.6) is 5.75 Å². The van der Waals surface area contributed by atoms with Crippen molar-refractivity contribution in [2.45, 2.75) is 13.8 Å². The highest BCUT2D eigenvalue weighted by Gasteiger charge is 2.16. The van der Waals surface area contributed by atoms with Crippen molar-refractivity contribution in [1.29, 1.82) is 0 Å². The summed E-state index contributed by atoms with van der Waals surface area (Å²) in [6.45, 7) is 3.81. The topological polar surface area (TPSA) is 58.6 Å². The highest BCUT2D eigenvalue weighted by molar-refractivity contribution is 6.30. The Labute approximate surface area is 146 Å². The first-order valence-corrected chi connectivity index (χ1v) is 7.93. The number of anilines is 2. The zero-order valence-corrected chi connectivity index (χ0v) is 14.3. The number of carbonyl (C=O) groups excluding carboxylic acids is 2. The highest BCUT2D eigenvalue weighted by Crippen LogP contribution is 2.20. The maximum atomic E-state index is 12.2. The molecular formula is C18H19ClN2O3. The minimum absolute atomic E-state index is 0.0774. The molecule has 6 heteroatoms. The minimum Gasteiger partial charge on any atom is -0.494 e. The van der Waals surface area contributed by atoms with Crippen LogP contribution in [0.4, 0.5) is 11.4 Å². The van der Waals surface area contributed by atoms with Crippen molar-refractivity contribution >= 4 is 34.8 Å². The summed E-state index contributed by atoms with van der Waals surface area (Å²) in [6, 6.07) is 13.8. The van der Waals surface area contributed by atoms with E-state index in [9.17, 15) is 9.59 Å². The quantitative estimate of drug-likeness (QED) is 0.867. The average molecular weight is 347 g/mol. The number of benzene rings is 2. The third-order valence-corrected chi connectivity index (χ3v) is 3.52. The molecule has 126 valence electrons. The summed E-state index contributed by atoms with van der Waals surface area (Å²) in [5, 5.41) is 3.33. The number of halogens is 1. The van der Waals surface area contributed by atoms with Gasteiger partial charge in [0, 0.05) is 23.3 Å². The van der Waals surface area contributed by atoms with E-state index in [1.807, 2.05) is 6.92 Å². The molecule has 0 radical (unpaired) electrons. The summed E-state index contributed by atoms with van der Waals surface area (Å²) in [5.41, 5.74) is 1.26. The van der Waals surface area contributed by atoms with Gasteiger partial charge in [-0.3, -0.25) is 9.59 Å². The van der Waals surface area contributed by atoms with Crippen LogP contribution in [-0.2, 0) is 9.59 Å². The maximum Gasteiger partial charge on any atom is 0.244 e. The lowest BCUT2D eigenvalue weighted by atomic mass is 10.2. The molecule has 0 spiro atoms. The first kappa shape index (κ1) is 17.8. The van der Waals surface area contributed by atoms with E-state index >= 15 is 0 Å². The van der Waals surface area contributed by atoms with Gasteiger partial charge in [-0.05, 0) is 55.5 Å².